The first kappa shape index (κ1) is 31.5. The topological polar surface area (TPSA) is 99.6 Å². The molecule has 4 aliphatic heterocycles. The number of piperidine rings is 1. The summed E-state index contributed by atoms with van der Waals surface area (Å²) in [6, 6.07) is 13.2. The number of fused-ring (bicyclic) bond motifs is 4. The van der Waals surface area contributed by atoms with Crippen LogP contribution in [0.4, 0.5) is 4.79 Å². The van der Waals surface area contributed by atoms with Crippen LogP contribution in [-0.4, -0.2) is 93.8 Å². The van der Waals surface area contributed by atoms with Gasteiger partial charge in [-0.05, 0) is 87.8 Å². The second-order valence-electron chi connectivity index (χ2n) is 15.0. The number of hydrogen-bond donors (Lipinski definition) is 1. The van der Waals surface area contributed by atoms with Crippen molar-refractivity contribution in [1.29, 1.82) is 0 Å². The van der Waals surface area contributed by atoms with Gasteiger partial charge >= 0.3 is 6.09 Å². The molecule has 0 spiro atoms. The molecule has 0 saturated carbocycles. The van der Waals surface area contributed by atoms with Crippen LogP contribution in [0, 0.1) is 0 Å². The monoisotopic (exact) mass is 617 g/mol. The van der Waals surface area contributed by atoms with E-state index in [1.165, 1.54) is 0 Å². The molecule has 2 unspecified atom stereocenters. The first-order valence-corrected chi connectivity index (χ1v) is 16.3. The minimum atomic E-state index is -0.987. The van der Waals surface area contributed by atoms with E-state index < -0.39 is 29.3 Å². The molecule has 242 valence electrons. The number of aliphatic hydroxyl groups excluding tert-OH is 1. The van der Waals surface area contributed by atoms with Gasteiger partial charge < -0.3 is 24.4 Å². The van der Waals surface area contributed by atoms with Crippen LogP contribution in [0.1, 0.15) is 97.7 Å². The summed E-state index contributed by atoms with van der Waals surface area (Å²) >= 11 is 0. The van der Waals surface area contributed by atoms with Gasteiger partial charge in [0.2, 0.25) is 0 Å². The molecule has 9 nitrogen and oxygen atoms in total. The maximum Gasteiger partial charge on any atom is 0.410 e. The predicted octanol–water partition coefficient (Wildman–Crippen LogP) is 4.92. The van der Waals surface area contributed by atoms with Crippen molar-refractivity contribution >= 4 is 17.9 Å². The van der Waals surface area contributed by atoms with Crippen LogP contribution in [0.15, 0.2) is 42.5 Å². The summed E-state index contributed by atoms with van der Waals surface area (Å²) in [5.41, 5.74) is 2.99. The van der Waals surface area contributed by atoms with E-state index in [4.69, 9.17) is 9.47 Å². The molecule has 2 saturated heterocycles. The molecule has 2 aromatic carbocycles. The van der Waals surface area contributed by atoms with Gasteiger partial charge in [0.15, 0.2) is 0 Å². The number of benzene rings is 2. The van der Waals surface area contributed by atoms with Crippen molar-refractivity contribution in [3.63, 3.8) is 0 Å². The highest BCUT2D eigenvalue weighted by molar-refractivity contribution is 6.00. The molecule has 0 radical (unpaired) electrons. The number of carbonyl (C=O) groups excluding carboxylic acids is 3. The van der Waals surface area contributed by atoms with E-state index in [2.05, 4.69) is 18.7 Å². The average molecular weight is 618 g/mol. The fourth-order valence-corrected chi connectivity index (χ4v) is 7.93. The normalized spacial score (nSPS) is 26.3. The first-order chi connectivity index (χ1) is 21.3. The summed E-state index contributed by atoms with van der Waals surface area (Å²) in [6.45, 7) is 10.4. The number of nitrogens with zero attached hydrogens (tertiary/aromatic N) is 3. The highest BCUT2D eigenvalue weighted by atomic mass is 16.6. The van der Waals surface area contributed by atoms with Crippen LogP contribution in [0.5, 0.6) is 0 Å². The third-order valence-corrected chi connectivity index (χ3v) is 10.1. The zero-order valence-corrected chi connectivity index (χ0v) is 27.4. The van der Waals surface area contributed by atoms with E-state index in [1.54, 1.807) is 29.0 Å². The fraction of sp³-hybridized carbons (Fsp3) is 0.583. The third-order valence-electron chi connectivity index (χ3n) is 10.1. The molecule has 3 amide bonds. The minimum absolute atomic E-state index is 0.0285. The number of rotatable bonds is 5. The number of β-amino-alcohol motifs (C(OH)–C–C–N with tert-alkyl or cyclic N) is 1. The Morgan fingerprint density at radius 2 is 1.71 bits per heavy atom. The molecule has 0 aromatic heterocycles. The van der Waals surface area contributed by atoms with Crippen LogP contribution in [-0.2, 0) is 27.9 Å². The molecule has 4 heterocycles. The Morgan fingerprint density at radius 1 is 1.04 bits per heavy atom. The van der Waals surface area contributed by atoms with Crippen LogP contribution in [0.25, 0.3) is 0 Å². The molecule has 2 aromatic rings. The van der Waals surface area contributed by atoms with Gasteiger partial charge in [-0.15, -0.1) is 0 Å². The van der Waals surface area contributed by atoms with Crippen molar-refractivity contribution in [3.05, 3.63) is 70.3 Å². The van der Waals surface area contributed by atoms with Crippen molar-refractivity contribution in [2.45, 2.75) is 115 Å². The second kappa shape index (κ2) is 11.7. The summed E-state index contributed by atoms with van der Waals surface area (Å²) < 4.78 is 11.3. The highest BCUT2D eigenvalue weighted by Crippen LogP contribution is 2.39. The van der Waals surface area contributed by atoms with Crippen LogP contribution < -0.4 is 0 Å². The molecule has 6 rings (SSSR count). The van der Waals surface area contributed by atoms with E-state index in [0.29, 0.717) is 30.6 Å². The van der Waals surface area contributed by atoms with Gasteiger partial charge in [-0.2, -0.15) is 0 Å². The third kappa shape index (κ3) is 6.09. The van der Waals surface area contributed by atoms with E-state index in [-0.39, 0.29) is 36.5 Å². The van der Waals surface area contributed by atoms with Gasteiger partial charge in [-0.3, -0.25) is 14.5 Å². The second-order valence-corrected chi connectivity index (χ2v) is 15.0. The highest BCUT2D eigenvalue weighted by Gasteiger charge is 2.45. The first-order valence-electron chi connectivity index (χ1n) is 16.3. The van der Waals surface area contributed by atoms with Crippen LogP contribution in [0.3, 0.4) is 0 Å². The van der Waals surface area contributed by atoms with Crippen molar-refractivity contribution in [1.82, 2.24) is 14.7 Å². The van der Waals surface area contributed by atoms with E-state index >= 15 is 0 Å². The summed E-state index contributed by atoms with van der Waals surface area (Å²) in [6.07, 6.45) is 2.93. The molecular weight excluding hydrogens is 570 g/mol. The fourth-order valence-electron chi connectivity index (χ4n) is 7.93. The van der Waals surface area contributed by atoms with Crippen molar-refractivity contribution in [2.24, 2.45) is 0 Å². The molecular formula is C36H47N3O6. The van der Waals surface area contributed by atoms with Crippen molar-refractivity contribution in [2.75, 3.05) is 20.2 Å². The van der Waals surface area contributed by atoms with Crippen LogP contribution in [0.2, 0.25) is 0 Å². The Bertz CT molecular complexity index is 1470. The zero-order chi connectivity index (χ0) is 32.3. The van der Waals surface area contributed by atoms with Gasteiger partial charge in [-0.1, -0.05) is 38.1 Å². The lowest BCUT2D eigenvalue weighted by molar-refractivity contribution is -0.0193. The summed E-state index contributed by atoms with van der Waals surface area (Å²) in [5, 5.41) is 11.7. The van der Waals surface area contributed by atoms with Crippen LogP contribution >= 0.6 is 0 Å². The number of ether oxygens (including phenoxy) is 2. The molecule has 4 aliphatic rings. The number of methoxy groups -OCH3 is 1. The molecule has 0 aliphatic carbocycles. The van der Waals surface area contributed by atoms with Gasteiger partial charge in [-0.25, -0.2) is 4.79 Å². The quantitative estimate of drug-likeness (QED) is 0.511. The average Bonchev–Trinajstić information content (AvgIpc) is 3.26. The zero-order valence-electron chi connectivity index (χ0n) is 27.4. The van der Waals surface area contributed by atoms with E-state index in [1.807, 2.05) is 51.1 Å². The summed E-state index contributed by atoms with van der Waals surface area (Å²) in [7, 11) is 1.75. The number of aliphatic hydroxyl groups is 1. The molecule has 5 atom stereocenters. The Balaban J connectivity index is 1.21. The van der Waals surface area contributed by atoms with E-state index in [0.717, 1.165) is 42.4 Å². The Hall–Kier alpha value is -3.43. The SMILES string of the molecule is COC1C[C@H]2CC[C@@H](C1)N2C(=O)c1ccc2c(c1)C(C)(C)CN(CC(O)[C@@H]1Cc3ccccc3CN1C(=O)OC(C)(C)C)C2=O. The lowest BCUT2D eigenvalue weighted by Gasteiger charge is -2.44. The molecule has 2 bridgehead atoms. The van der Waals surface area contributed by atoms with Gasteiger partial charge in [0.05, 0.1) is 18.2 Å². The smallest absolute Gasteiger partial charge is 0.410 e. The maximum atomic E-state index is 13.9. The lowest BCUT2D eigenvalue weighted by Crippen LogP contribution is -2.57. The standard InChI is InChI=1S/C36H47N3O6/c1-35(2,3)45-34(43)38-19-24-10-8-7-9-22(24)16-30(38)31(40)20-37-21-36(4,5)29-15-23(11-14-28(29)33(37)42)32(41)39-25-12-13-26(39)18-27(17-25)44-6/h7-11,14-15,25-27,30-31,40H,12-13,16-21H2,1-6H3/t25-,26+,27?,30-,31?/m0/s1. The Labute approximate surface area is 266 Å². The summed E-state index contributed by atoms with van der Waals surface area (Å²) in [4.78, 5) is 46.3. The minimum Gasteiger partial charge on any atom is -0.444 e. The summed E-state index contributed by atoms with van der Waals surface area (Å²) in [5.74, 6) is -0.149. The number of carbonyl (C=O) groups is 3. The van der Waals surface area contributed by atoms with Gasteiger partial charge in [0.25, 0.3) is 11.8 Å². The Kier molecular flexibility index (Phi) is 8.23. The molecule has 9 heteroatoms. The lowest BCUT2D eigenvalue weighted by atomic mass is 9.77. The number of amides is 3. The van der Waals surface area contributed by atoms with Crippen molar-refractivity contribution < 1.29 is 29.0 Å². The molecule has 1 N–H and O–H groups in total. The predicted molar refractivity (Wildman–Crippen MR) is 170 cm³/mol. The van der Waals surface area contributed by atoms with Gasteiger partial charge in [0.1, 0.15) is 5.60 Å². The largest absolute Gasteiger partial charge is 0.444 e. The Morgan fingerprint density at radius 3 is 2.36 bits per heavy atom. The van der Waals surface area contributed by atoms with E-state index in [9.17, 15) is 19.5 Å². The molecule has 45 heavy (non-hydrogen) atoms. The maximum absolute atomic E-state index is 13.9. The van der Waals surface area contributed by atoms with Gasteiger partial charge in [0, 0.05) is 55.4 Å². The number of hydrogen-bond acceptors (Lipinski definition) is 6. The van der Waals surface area contributed by atoms with Crippen molar-refractivity contribution in [3.8, 4) is 0 Å². The molecule has 2 fully saturated rings.